The summed E-state index contributed by atoms with van der Waals surface area (Å²) >= 11 is 8.81. The Morgan fingerprint density at radius 3 is 2.18 bits per heavy atom. The molecule has 0 radical (unpaired) electrons. The molecule has 0 amide bonds. The van der Waals surface area contributed by atoms with E-state index in [1.54, 1.807) is 0 Å². The van der Waals surface area contributed by atoms with E-state index >= 15 is 0 Å². The highest BCUT2D eigenvalue weighted by atomic mass is 79.9. The standard InChI is InChI=1S/C15H14BrN5S/c16-11-6-8-12(9-7-11)19-14(22)13(20-21-15(17)18)10-4-2-1-3-5-10/h1-9H,(H,19,22)(H4,17,18,21)/b20-13-. The highest BCUT2D eigenvalue weighted by Gasteiger charge is 2.10. The number of nitrogens with two attached hydrogens (primary N) is 2. The van der Waals surface area contributed by atoms with Crippen molar-refractivity contribution < 1.29 is 0 Å². The van der Waals surface area contributed by atoms with Crippen LogP contribution in [0.1, 0.15) is 5.56 Å². The van der Waals surface area contributed by atoms with E-state index in [4.69, 9.17) is 23.7 Å². The fourth-order valence-corrected chi connectivity index (χ4v) is 2.20. The number of hydrogen-bond acceptors (Lipinski definition) is 3. The highest BCUT2D eigenvalue weighted by molar-refractivity contribution is 9.10. The molecule has 22 heavy (non-hydrogen) atoms. The molecule has 0 unspecified atom stereocenters. The average Bonchev–Trinajstić information content (AvgIpc) is 2.50. The zero-order valence-corrected chi connectivity index (χ0v) is 13.9. The number of benzene rings is 2. The van der Waals surface area contributed by atoms with Crippen molar-refractivity contribution in [3.8, 4) is 0 Å². The number of nitrogens with zero attached hydrogens (tertiary/aromatic N) is 2. The number of anilines is 1. The third-order valence-electron chi connectivity index (χ3n) is 2.63. The van der Waals surface area contributed by atoms with Crippen molar-refractivity contribution >= 4 is 50.5 Å². The average molecular weight is 376 g/mol. The molecule has 0 saturated heterocycles. The third kappa shape index (κ3) is 4.64. The lowest BCUT2D eigenvalue weighted by molar-refractivity contribution is 1.21. The first-order chi connectivity index (χ1) is 10.6. The van der Waals surface area contributed by atoms with E-state index in [9.17, 15) is 0 Å². The molecule has 0 bridgehead atoms. The first-order valence-electron chi connectivity index (χ1n) is 6.35. The molecule has 2 rings (SSSR count). The normalized spacial score (nSPS) is 10.9. The van der Waals surface area contributed by atoms with Gasteiger partial charge in [-0.25, -0.2) is 0 Å². The maximum Gasteiger partial charge on any atom is 0.211 e. The Kier molecular flexibility index (Phi) is 5.62. The SMILES string of the molecule is NC(N)=N/N=C(\C(=S)Nc1ccc(Br)cc1)c1ccccc1. The molecule has 0 atom stereocenters. The minimum atomic E-state index is -0.125. The Morgan fingerprint density at radius 2 is 1.59 bits per heavy atom. The van der Waals surface area contributed by atoms with Gasteiger partial charge in [-0.15, -0.1) is 10.2 Å². The summed E-state index contributed by atoms with van der Waals surface area (Å²) in [5, 5.41) is 10.9. The number of halogens is 1. The van der Waals surface area contributed by atoms with E-state index in [0.29, 0.717) is 10.7 Å². The van der Waals surface area contributed by atoms with E-state index in [0.717, 1.165) is 15.7 Å². The van der Waals surface area contributed by atoms with Crippen LogP contribution < -0.4 is 16.8 Å². The van der Waals surface area contributed by atoms with Gasteiger partial charge >= 0.3 is 0 Å². The molecule has 0 aliphatic carbocycles. The molecule has 0 aliphatic rings. The Hall–Kier alpha value is -2.25. The van der Waals surface area contributed by atoms with Gasteiger partial charge in [0.15, 0.2) is 0 Å². The van der Waals surface area contributed by atoms with Crippen molar-refractivity contribution in [3.05, 3.63) is 64.6 Å². The molecule has 2 aromatic rings. The van der Waals surface area contributed by atoms with Gasteiger partial charge in [-0.05, 0) is 24.3 Å². The Labute approximate surface area is 142 Å². The summed E-state index contributed by atoms with van der Waals surface area (Å²) in [5.41, 5.74) is 12.8. The zero-order chi connectivity index (χ0) is 15.9. The third-order valence-corrected chi connectivity index (χ3v) is 3.45. The smallest absolute Gasteiger partial charge is 0.211 e. The second-order valence-corrected chi connectivity index (χ2v) is 5.62. The van der Waals surface area contributed by atoms with Gasteiger partial charge in [0.05, 0.1) is 0 Å². The van der Waals surface area contributed by atoms with Gasteiger partial charge in [0, 0.05) is 15.7 Å². The summed E-state index contributed by atoms with van der Waals surface area (Å²) in [6.07, 6.45) is 0. The molecular weight excluding hydrogens is 362 g/mol. The van der Waals surface area contributed by atoms with E-state index in [2.05, 4.69) is 31.4 Å². The quantitative estimate of drug-likeness (QED) is 0.331. The van der Waals surface area contributed by atoms with Crippen molar-refractivity contribution in [2.24, 2.45) is 21.7 Å². The van der Waals surface area contributed by atoms with E-state index in [1.165, 1.54) is 0 Å². The fourth-order valence-electron chi connectivity index (χ4n) is 1.66. The van der Waals surface area contributed by atoms with E-state index in [1.807, 2.05) is 54.6 Å². The molecule has 0 fully saturated rings. The van der Waals surface area contributed by atoms with Crippen LogP contribution in [0.4, 0.5) is 5.69 Å². The monoisotopic (exact) mass is 375 g/mol. The van der Waals surface area contributed by atoms with Gasteiger partial charge in [0.25, 0.3) is 0 Å². The van der Waals surface area contributed by atoms with Crippen LogP contribution in [-0.2, 0) is 0 Å². The van der Waals surface area contributed by atoms with E-state index in [-0.39, 0.29) is 5.96 Å². The number of rotatable bonds is 4. The predicted octanol–water partition coefficient (Wildman–Crippen LogP) is 2.87. The second-order valence-electron chi connectivity index (χ2n) is 4.30. The molecule has 2 aromatic carbocycles. The molecule has 0 spiro atoms. The molecule has 112 valence electrons. The topological polar surface area (TPSA) is 88.8 Å². The molecule has 0 heterocycles. The Bertz CT molecular complexity index is 706. The van der Waals surface area contributed by atoms with Gasteiger partial charge in [0.1, 0.15) is 10.7 Å². The maximum absolute atomic E-state index is 5.42. The summed E-state index contributed by atoms with van der Waals surface area (Å²) in [5.74, 6) is -0.125. The molecule has 0 saturated carbocycles. The zero-order valence-electron chi connectivity index (χ0n) is 11.5. The van der Waals surface area contributed by atoms with Gasteiger partial charge in [0.2, 0.25) is 5.96 Å². The minimum absolute atomic E-state index is 0.125. The first kappa shape index (κ1) is 16.1. The fraction of sp³-hybridized carbons (Fsp3) is 0. The van der Waals surface area contributed by atoms with Crippen LogP contribution in [0.3, 0.4) is 0 Å². The van der Waals surface area contributed by atoms with Crippen molar-refractivity contribution in [1.29, 1.82) is 0 Å². The van der Waals surface area contributed by atoms with Crippen LogP contribution in [0.5, 0.6) is 0 Å². The van der Waals surface area contributed by atoms with Crippen LogP contribution in [0.15, 0.2) is 69.3 Å². The lowest BCUT2D eigenvalue weighted by atomic mass is 10.1. The molecule has 0 aliphatic heterocycles. The van der Waals surface area contributed by atoms with Gasteiger partial charge in [-0.2, -0.15) is 0 Å². The van der Waals surface area contributed by atoms with Crippen LogP contribution in [0.25, 0.3) is 0 Å². The molecule has 5 nitrogen and oxygen atoms in total. The lowest BCUT2D eigenvalue weighted by Gasteiger charge is -2.10. The van der Waals surface area contributed by atoms with Gasteiger partial charge in [-0.3, -0.25) is 0 Å². The number of thiocarbonyl (C=S) groups is 1. The predicted molar refractivity (Wildman–Crippen MR) is 99.2 cm³/mol. The van der Waals surface area contributed by atoms with E-state index < -0.39 is 0 Å². The number of hydrogen-bond donors (Lipinski definition) is 3. The summed E-state index contributed by atoms with van der Waals surface area (Å²) in [4.78, 5) is 0.429. The molecule has 7 heteroatoms. The lowest BCUT2D eigenvalue weighted by Crippen LogP contribution is -2.24. The van der Waals surface area contributed by atoms with Crippen LogP contribution in [0, 0.1) is 0 Å². The summed E-state index contributed by atoms with van der Waals surface area (Å²) in [6, 6.07) is 17.1. The Morgan fingerprint density at radius 1 is 0.955 bits per heavy atom. The van der Waals surface area contributed by atoms with Crippen molar-refractivity contribution in [3.63, 3.8) is 0 Å². The second kappa shape index (κ2) is 7.67. The van der Waals surface area contributed by atoms with Crippen LogP contribution in [0.2, 0.25) is 0 Å². The number of guanidine groups is 1. The summed E-state index contributed by atoms with van der Waals surface area (Å²) in [6.45, 7) is 0. The maximum atomic E-state index is 5.42. The minimum Gasteiger partial charge on any atom is -0.369 e. The molecular formula is C15H14BrN5S. The summed E-state index contributed by atoms with van der Waals surface area (Å²) in [7, 11) is 0. The van der Waals surface area contributed by atoms with Gasteiger partial charge < -0.3 is 16.8 Å². The highest BCUT2D eigenvalue weighted by Crippen LogP contribution is 2.15. The summed E-state index contributed by atoms with van der Waals surface area (Å²) < 4.78 is 0.987. The van der Waals surface area contributed by atoms with Crippen LogP contribution >= 0.6 is 28.1 Å². The van der Waals surface area contributed by atoms with Crippen molar-refractivity contribution in [2.45, 2.75) is 0 Å². The van der Waals surface area contributed by atoms with Crippen molar-refractivity contribution in [1.82, 2.24) is 0 Å². The Balaban J connectivity index is 2.29. The van der Waals surface area contributed by atoms with Crippen molar-refractivity contribution in [2.75, 3.05) is 5.32 Å². The molecule has 0 aromatic heterocycles. The largest absolute Gasteiger partial charge is 0.369 e. The molecule has 5 N–H and O–H groups in total. The number of nitrogens with one attached hydrogen (secondary N) is 1. The van der Waals surface area contributed by atoms with Gasteiger partial charge in [-0.1, -0.05) is 58.5 Å². The first-order valence-corrected chi connectivity index (χ1v) is 7.55. The van der Waals surface area contributed by atoms with Crippen LogP contribution in [-0.4, -0.2) is 16.7 Å².